The van der Waals surface area contributed by atoms with Gasteiger partial charge in [0.05, 0.1) is 33.1 Å². The molecule has 0 aliphatic heterocycles. The van der Waals surface area contributed by atoms with Gasteiger partial charge in [0.1, 0.15) is 0 Å². The van der Waals surface area contributed by atoms with Crippen LogP contribution in [-0.2, 0) is 0 Å². The average Bonchev–Trinajstić information content (AvgIpc) is 3.99. The molecule has 0 saturated carbocycles. The number of fused-ring (bicyclic) bond motifs is 9. The summed E-state index contributed by atoms with van der Waals surface area (Å²) in [4.78, 5) is 0. The molecule has 0 bridgehead atoms. The molecule has 0 fully saturated rings. The highest BCUT2D eigenvalue weighted by molar-refractivity contribution is 6.14. The molecule has 3 heteroatoms. The third-order valence-corrected chi connectivity index (χ3v) is 13.0. The summed E-state index contributed by atoms with van der Waals surface area (Å²) in [6.07, 6.45) is 0. The Labute approximate surface area is 364 Å². The molecular weight excluding hydrogens is 763 g/mol. The maximum atomic E-state index is 2.41. The zero-order valence-corrected chi connectivity index (χ0v) is 34.4. The second-order valence-electron chi connectivity index (χ2n) is 16.6. The number of hydrogen-bond acceptors (Lipinski definition) is 0. The van der Waals surface area contributed by atoms with Gasteiger partial charge >= 0.3 is 0 Å². The van der Waals surface area contributed by atoms with Gasteiger partial charge in [0, 0.05) is 49.4 Å². The fourth-order valence-electron chi connectivity index (χ4n) is 10.1. The lowest BCUT2D eigenvalue weighted by atomic mass is 10.00. The molecule has 0 N–H and O–H groups in total. The normalized spacial score (nSPS) is 11.8. The summed E-state index contributed by atoms with van der Waals surface area (Å²) < 4.78 is 7.18. The molecule has 0 spiro atoms. The van der Waals surface area contributed by atoms with Crippen molar-refractivity contribution in [1.29, 1.82) is 0 Å². The summed E-state index contributed by atoms with van der Waals surface area (Å²) >= 11 is 0. The van der Waals surface area contributed by atoms with Crippen LogP contribution >= 0.6 is 0 Å². The zero-order chi connectivity index (χ0) is 41.4. The number of aromatic nitrogens is 3. The highest BCUT2D eigenvalue weighted by Gasteiger charge is 2.18. The largest absolute Gasteiger partial charge is 0.309 e. The summed E-state index contributed by atoms with van der Waals surface area (Å²) in [5.74, 6) is 0. The maximum Gasteiger partial charge on any atom is 0.0541 e. The van der Waals surface area contributed by atoms with E-state index in [0.29, 0.717) is 0 Å². The van der Waals surface area contributed by atoms with Gasteiger partial charge in [0.25, 0.3) is 0 Å². The summed E-state index contributed by atoms with van der Waals surface area (Å²) in [6, 6.07) is 86.4. The van der Waals surface area contributed by atoms with Crippen LogP contribution in [0.5, 0.6) is 0 Å². The molecule has 0 aliphatic rings. The highest BCUT2D eigenvalue weighted by Crippen LogP contribution is 2.40. The third kappa shape index (κ3) is 5.60. The molecular formula is C60H39N3. The van der Waals surface area contributed by atoms with Crippen LogP contribution in [0, 0.1) is 0 Å². The van der Waals surface area contributed by atoms with Crippen molar-refractivity contribution in [2.24, 2.45) is 0 Å². The van der Waals surface area contributed by atoms with Crippen LogP contribution in [0.4, 0.5) is 0 Å². The topological polar surface area (TPSA) is 14.8 Å². The number of hydrogen-bond donors (Lipinski definition) is 0. The minimum atomic E-state index is 1.14. The average molecular weight is 802 g/mol. The minimum Gasteiger partial charge on any atom is -0.309 e. The Morgan fingerprint density at radius 1 is 0.175 bits per heavy atom. The fourth-order valence-corrected chi connectivity index (χ4v) is 10.1. The highest BCUT2D eigenvalue weighted by atomic mass is 15.0. The van der Waals surface area contributed by atoms with Gasteiger partial charge < -0.3 is 13.7 Å². The van der Waals surface area contributed by atoms with E-state index in [1.807, 2.05) is 0 Å². The van der Waals surface area contributed by atoms with Crippen molar-refractivity contribution < 1.29 is 0 Å². The molecule has 0 aliphatic carbocycles. The van der Waals surface area contributed by atoms with Crippen molar-refractivity contribution in [3.8, 4) is 50.4 Å². The lowest BCUT2D eigenvalue weighted by Gasteiger charge is -2.11. The number of nitrogens with zero attached hydrogens (tertiary/aromatic N) is 3. The van der Waals surface area contributed by atoms with Gasteiger partial charge in [0.15, 0.2) is 0 Å². The first-order valence-electron chi connectivity index (χ1n) is 21.7. The molecule has 13 aromatic rings. The van der Waals surface area contributed by atoms with E-state index >= 15 is 0 Å². The van der Waals surface area contributed by atoms with Gasteiger partial charge in [-0.15, -0.1) is 0 Å². The standard InChI is InChI=1S/C60H39N3/c1-4-14-40(15-5-1)42-26-32-59-53(36-42)54-37-43(27-33-60(54)62(59)47-18-8-3-9-19-47)41-24-30-48(31-25-41)63-56-23-13-11-21-50(56)52-39-45(29-35-58(52)63)44-28-34-57-51(38-44)49-20-10-12-22-55(49)61(57)46-16-6-2-7-17-46/h1-39H. The Morgan fingerprint density at radius 2 is 0.444 bits per heavy atom. The molecule has 0 saturated heterocycles. The molecule has 63 heavy (non-hydrogen) atoms. The Hall–Kier alpha value is -8.40. The number of rotatable bonds is 6. The van der Waals surface area contributed by atoms with E-state index in [2.05, 4.69) is 250 Å². The summed E-state index contributed by atoms with van der Waals surface area (Å²) in [7, 11) is 0. The fraction of sp³-hybridized carbons (Fsp3) is 0. The van der Waals surface area contributed by atoms with Crippen LogP contribution in [-0.4, -0.2) is 13.7 Å². The van der Waals surface area contributed by atoms with Crippen molar-refractivity contribution in [3.05, 3.63) is 237 Å². The molecule has 3 nitrogen and oxygen atoms in total. The van der Waals surface area contributed by atoms with E-state index in [4.69, 9.17) is 0 Å². The molecule has 10 aromatic carbocycles. The second-order valence-corrected chi connectivity index (χ2v) is 16.6. The SMILES string of the molecule is c1ccc(-c2ccc3c(c2)c2cc(-c4ccc(-n5c6ccccc6c6cc(-c7ccc8c(c7)c7ccccc7n8-c7ccccc7)ccc65)cc4)ccc2n3-c2ccccc2)cc1. The van der Waals surface area contributed by atoms with Crippen molar-refractivity contribution in [2.45, 2.75) is 0 Å². The third-order valence-electron chi connectivity index (χ3n) is 13.0. The van der Waals surface area contributed by atoms with E-state index in [1.165, 1.54) is 104 Å². The lowest BCUT2D eigenvalue weighted by Crippen LogP contribution is -1.94. The Balaban J connectivity index is 0.903. The number of benzene rings is 10. The molecule has 0 atom stereocenters. The molecule has 0 amide bonds. The van der Waals surface area contributed by atoms with Gasteiger partial charge in [-0.25, -0.2) is 0 Å². The Bertz CT molecular complexity index is 3870. The van der Waals surface area contributed by atoms with E-state index < -0.39 is 0 Å². The van der Waals surface area contributed by atoms with E-state index in [1.54, 1.807) is 0 Å². The molecule has 0 unspecified atom stereocenters. The van der Waals surface area contributed by atoms with Crippen molar-refractivity contribution >= 4 is 65.4 Å². The molecule has 13 rings (SSSR count). The van der Waals surface area contributed by atoms with Crippen LogP contribution in [0.1, 0.15) is 0 Å². The van der Waals surface area contributed by atoms with Crippen LogP contribution < -0.4 is 0 Å². The second kappa shape index (κ2) is 14.1. The van der Waals surface area contributed by atoms with Gasteiger partial charge in [-0.05, 0) is 130 Å². The molecule has 0 radical (unpaired) electrons. The first-order valence-corrected chi connectivity index (χ1v) is 21.7. The summed E-state index contributed by atoms with van der Waals surface area (Å²) in [5.41, 5.74) is 17.9. The van der Waals surface area contributed by atoms with E-state index in [-0.39, 0.29) is 0 Å². The predicted molar refractivity (Wildman–Crippen MR) is 266 cm³/mol. The quantitative estimate of drug-likeness (QED) is 0.159. The van der Waals surface area contributed by atoms with Crippen molar-refractivity contribution in [1.82, 2.24) is 13.7 Å². The Morgan fingerprint density at radius 3 is 0.857 bits per heavy atom. The summed E-state index contributed by atoms with van der Waals surface area (Å²) in [6.45, 7) is 0. The zero-order valence-electron chi connectivity index (χ0n) is 34.4. The van der Waals surface area contributed by atoms with Crippen molar-refractivity contribution in [2.75, 3.05) is 0 Å². The van der Waals surface area contributed by atoms with Crippen LogP contribution in [0.15, 0.2) is 237 Å². The van der Waals surface area contributed by atoms with E-state index in [0.717, 1.165) is 11.4 Å². The lowest BCUT2D eigenvalue weighted by molar-refractivity contribution is 1.18. The van der Waals surface area contributed by atoms with Gasteiger partial charge in [-0.3, -0.25) is 0 Å². The predicted octanol–water partition coefficient (Wildman–Crippen LogP) is 16.0. The van der Waals surface area contributed by atoms with Gasteiger partial charge in [0.2, 0.25) is 0 Å². The maximum absolute atomic E-state index is 2.41. The van der Waals surface area contributed by atoms with Crippen molar-refractivity contribution in [3.63, 3.8) is 0 Å². The molecule has 294 valence electrons. The summed E-state index contributed by atoms with van der Waals surface area (Å²) in [5, 5.41) is 7.50. The smallest absolute Gasteiger partial charge is 0.0541 e. The first-order chi connectivity index (χ1) is 31.2. The van der Waals surface area contributed by atoms with Crippen LogP contribution in [0.3, 0.4) is 0 Å². The van der Waals surface area contributed by atoms with E-state index in [9.17, 15) is 0 Å². The van der Waals surface area contributed by atoms with Crippen LogP contribution in [0.2, 0.25) is 0 Å². The monoisotopic (exact) mass is 801 g/mol. The first kappa shape index (κ1) is 35.4. The molecule has 3 heterocycles. The number of para-hydroxylation sites is 4. The van der Waals surface area contributed by atoms with Gasteiger partial charge in [-0.1, -0.05) is 140 Å². The minimum absolute atomic E-state index is 1.14. The van der Waals surface area contributed by atoms with Gasteiger partial charge in [-0.2, -0.15) is 0 Å². The Kier molecular flexibility index (Phi) is 7.91. The van der Waals surface area contributed by atoms with Crippen LogP contribution in [0.25, 0.3) is 116 Å². The molecule has 3 aromatic heterocycles.